The summed E-state index contributed by atoms with van der Waals surface area (Å²) in [6.45, 7) is 6.07. The molecule has 1 rings (SSSR count). The molecule has 0 aliphatic heterocycles. The van der Waals surface area contributed by atoms with Crippen LogP contribution >= 0.6 is 0 Å². The van der Waals surface area contributed by atoms with Crippen LogP contribution in [0.25, 0.3) is 0 Å². The maximum atomic E-state index is 9.53. The van der Waals surface area contributed by atoms with Crippen LogP contribution in [0.5, 0.6) is 5.75 Å². The lowest BCUT2D eigenvalue weighted by Crippen LogP contribution is -2.14. The van der Waals surface area contributed by atoms with E-state index in [0.29, 0.717) is 6.61 Å². The second-order valence-electron chi connectivity index (χ2n) is 4.15. The van der Waals surface area contributed by atoms with E-state index in [1.807, 2.05) is 24.3 Å². The number of benzene rings is 1. The first kappa shape index (κ1) is 12.6. The Hall–Kier alpha value is -1.46. The molecule has 2 nitrogen and oxygen atoms in total. The molecular formula is C14H18O2. The lowest BCUT2D eigenvalue weighted by Gasteiger charge is -2.08. The van der Waals surface area contributed by atoms with Crippen molar-refractivity contribution in [3.63, 3.8) is 0 Å². The van der Waals surface area contributed by atoms with E-state index in [4.69, 9.17) is 4.74 Å². The Kier molecular flexibility index (Phi) is 4.39. The van der Waals surface area contributed by atoms with Crippen molar-refractivity contribution in [2.24, 2.45) is 0 Å². The zero-order chi connectivity index (χ0) is 12.0. The maximum absolute atomic E-state index is 9.53. The highest BCUT2D eigenvalue weighted by atomic mass is 16.5. The Labute approximate surface area is 97.3 Å². The fraction of sp³-hybridized carbons (Fsp3) is 0.429. The minimum Gasteiger partial charge on any atom is -0.492 e. The zero-order valence-electron chi connectivity index (χ0n) is 10.1. The van der Waals surface area contributed by atoms with Gasteiger partial charge in [-0.15, -0.1) is 0 Å². The van der Waals surface area contributed by atoms with Gasteiger partial charge in [-0.1, -0.05) is 30.9 Å². The Bertz CT molecular complexity index is 391. The second-order valence-corrected chi connectivity index (χ2v) is 4.15. The molecule has 0 aromatic heterocycles. The average molecular weight is 218 g/mol. The summed E-state index contributed by atoms with van der Waals surface area (Å²) in [5.41, 5.74) is -0.157. The van der Waals surface area contributed by atoms with Crippen LogP contribution in [0.15, 0.2) is 24.3 Å². The van der Waals surface area contributed by atoms with Crippen molar-refractivity contribution in [3.8, 4) is 17.6 Å². The van der Waals surface area contributed by atoms with E-state index in [1.165, 1.54) is 0 Å². The lowest BCUT2D eigenvalue weighted by atomic mass is 10.1. The van der Waals surface area contributed by atoms with Gasteiger partial charge in [0.25, 0.3) is 0 Å². The van der Waals surface area contributed by atoms with E-state index in [2.05, 4.69) is 18.8 Å². The van der Waals surface area contributed by atoms with Gasteiger partial charge in [0.1, 0.15) is 11.4 Å². The summed E-state index contributed by atoms with van der Waals surface area (Å²) in [5.74, 6) is 6.50. The Balaban J connectivity index is 2.89. The molecule has 0 spiro atoms. The van der Waals surface area contributed by atoms with Crippen molar-refractivity contribution in [3.05, 3.63) is 29.8 Å². The third-order valence-electron chi connectivity index (χ3n) is 1.85. The minimum atomic E-state index is -0.974. The van der Waals surface area contributed by atoms with E-state index in [-0.39, 0.29) is 0 Å². The molecule has 0 radical (unpaired) electrons. The number of ether oxygens (including phenoxy) is 1. The van der Waals surface area contributed by atoms with Crippen molar-refractivity contribution in [1.82, 2.24) is 0 Å². The summed E-state index contributed by atoms with van der Waals surface area (Å²) in [7, 11) is 0. The Morgan fingerprint density at radius 3 is 2.62 bits per heavy atom. The highest BCUT2D eigenvalue weighted by molar-refractivity contribution is 5.46. The Morgan fingerprint density at radius 1 is 1.31 bits per heavy atom. The van der Waals surface area contributed by atoms with Crippen molar-refractivity contribution in [2.75, 3.05) is 6.61 Å². The van der Waals surface area contributed by atoms with Crippen LogP contribution in [-0.4, -0.2) is 17.3 Å². The van der Waals surface area contributed by atoms with E-state index in [0.717, 1.165) is 17.7 Å². The molecule has 0 aliphatic carbocycles. The van der Waals surface area contributed by atoms with Gasteiger partial charge in [-0.25, -0.2) is 0 Å². The van der Waals surface area contributed by atoms with Gasteiger partial charge in [-0.2, -0.15) is 0 Å². The van der Waals surface area contributed by atoms with Crippen LogP contribution < -0.4 is 4.74 Å². The maximum Gasteiger partial charge on any atom is 0.134 e. The van der Waals surface area contributed by atoms with Crippen LogP contribution in [0.2, 0.25) is 0 Å². The molecule has 86 valence electrons. The average Bonchev–Trinajstić information content (AvgIpc) is 2.23. The molecule has 16 heavy (non-hydrogen) atoms. The molecule has 0 saturated carbocycles. The Morgan fingerprint density at radius 2 is 2.00 bits per heavy atom. The number of hydrogen-bond donors (Lipinski definition) is 1. The van der Waals surface area contributed by atoms with E-state index < -0.39 is 5.60 Å². The standard InChI is InChI=1S/C14H18O2/c1-4-11-16-13-8-6-5-7-12(13)9-10-14(2,3)15/h5-8,15H,4,11H2,1-3H3. The summed E-state index contributed by atoms with van der Waals surface area (Å²) in [4.78, 5) is 0. The van der Waals surface area contributed by atoms with Crippen LogP contribution in [0.4, 0.5) is 0 Å². The molecule has 1 aromatic rings. The molecular weight excluding hydrogens is 200 g/mol. The molecule has 0 bridgehead atoms. The summed E-state index contributed by atoms with van der Waals surface area (Å²) in [6, 6.07) is 7.61. The smallest absolute Gasteiger partial charge is 0.134 e. The first-order valence-electron chi connectivity index (χ1n) is 5.50. The monoisotopic (exact) mass is 218 g/mol. The normalized spacial score (nSPS) is 10.5. The third kappa shape index (κ3) is 4.37. The molecule has 2 heteroatoms. The van der Waals surface area contributed by atoms with Crippen LogP contribution in [0.3, 0.4) is 0 Å². The first-order chi connectivity index (χ1) is 7.53. The third-order valence-corrected chi connectivity index (χ3v) is 1.85. The molecule has 0 fully saturated rings. The van der Waals surface area contributed by atoms with Gasteiger partial charge in [-0.3, -0.25) is 0 Å². The summed E-state index contributed by atoms with van der Waals surface area (Å²) in [5, 5.41) is 9.53. The molecule has 0 heterocycles. The predicted octanol–water partition coefficient (Wildman–Crippen LogP) is 2.60. The SMILES string of the molecule is CCCOc1ccccc1C#CC(C)(C)O. The van der Waals surface area contributed by atoms with Crippen LogP contribution in [0, 0.1) is 11.8 Å². The van der Waals surface area contributed by atoms with Gasteiger partial charge >= 0.3 is 0 Å². The number of para-hydroxylation sites is 1. The summed E-state index contributed by atoms with van der Waals surface area (Å²) in [6.07, 6.45) is 0.966. The first-order valence-corrected chi connectivity index (χ1v) is 5.50. The number of hydrogen-bond acceptors (Lipinski definition) is 2. The summed E-state index contributed by atoms with van der Waals surface area (Å²) >= 11 is 0. The van der Waals surface area contributed by atoms with Crippen molar-refractivity contribution in [2.45, 2.75) is 32.8 Å². The molecule has 1 N–H and O–H groups in total. The lowest BCUT2D eigenvalue weighted by molar-refractivity contribution is 0.143. The van der Waals surface area contributed by atoms with Gasteiger partial charge in [0, 0.05) is 0 Å². The van der Waals surface area contributed by atoms with Crippen LogP contribution in [-0.2, 0) is 0 Å². The van der Waals surface area contributed by atoms with E-state index in [1.54, 1.807) is 13.8 Å². The molecule has 0 atom stereocenters. The fourth-order valence-corrected chi connectivity index (χ4v) is 1.13. The second kappa shape index (κ2) is 5.58. The molecule has 0 amide bonds. The van der Waals surface area contributed by atoms with Crippen molar-refractivity contribution < 1.29 is 9.84 Å². The van der Waals surface area contributed by atoms with E-state index >= 15 is 0 Å². The summed E-state index contributed by atoms with van der Waals surface area (Å²) < 4.78 is 5.57. The molecule has 0 saturated heterocycles. The van der Waals surface area contributed by atoms with Gasteiger partial charge in [0.05, 0.1) is 12.2 Å². The van der Waals surface area contributed by atoms with Gasteiger partial charge in [0.15, 0.2) is 0 Å². The molecule has 0 unspecified atom stereocenters. The number of aliphatic hydroxyl groups is 1. The molecule has 0 aliphatic rings. The minimum absolute atomic E-state index is 0.682. The quantitative estimate of drug-likeness (QED) is 0.790. The zero-order valence-corrected chi connectivity index (χ0v) is 10.1. The van der Waals surface area contributed by atoms with Gasteiger partial charge in [-0.05, 0) is 32.4 Å². The van der Waals surface area contributed by atoms with E-state index in [9.17, 15) is 5.11 Å². The largest absolute Gasteiger partial charge is 0.492 e. The van der Waals surface area contributed by atoms with Crippen molar-refractivity contribution >= 4 is 0 Å². The highest BCUT2D eigenvalue weighted by Gasteiger charge is 2.06. The van der Waals surface area contributed by atoms with Gasteiger partial charge in [0.2, 0.25) is 0 Å². The fourth-order valence-electron chi connectivity index (χ4n) is 1.13. The highest BCUT2D eigenvalue weighted by Crippen LogP contribution is 2.17. The van der Waals surface area contributed by atoms with Crippen molar-refractivity contribution in [1.29, 1.82) is 0 Å². The number of rotatable bonds is 3. The molecule has 1 aromatic carbocycles. The van der Waals surface area contributed by atoms with Crippen LogP contribution in [0.1, 0.15) is 32.8 Å². The predicted molar refractivity (Wildman–Crippen MR) is 65.4 cm³/mol. The topological polar surface area (TPSA) is 29.5 Å². The van der Waals surface area contributed by atoms with Gasteiger partial charge < -0.3 is 9.84 Å².